The van der Waals surface area contributed by atoms with E-state index in [1.54, 1.807) is 19.2 Å². The molecule has 24 heavy (non-hydrogen) atoms. The van der Waals surface area contributed by atoms with Gasteiger partial charge in [-0.3, -0.25) is 10.1 Å². The van der Waals surface area contributed by atoms with Crippen LogP contribution in [0.2, 0.25) is 5.02 Å². The molecular formula is C15H18ClN5O3. The highest BCUT2D eigenvalue weighted by molar-refractivity contribution is 6.30. The van der Waals surface area contributed by atoms with Gasteiger partial charge in [-0.2, -0.15) is 0 Å². The van der Waals surface area contributed by atoms with Gasteiger partial charge in [0.05, 0.1) is 11.5 Å². The van der Waals surface area contributed by atoms with Crippen molar-refractivity contribution in [3.05, 3.63) is 45.2 Å². The van der Waals surface area contributed by atoms with Gasteiger partial charge >= 0.3 is 5.69 Å². The van der Waals surface area contributed by atoms with Crippen LogP contribution in [-0.2, 0) is 4.74 Å². The average molecular weight is 352 g/mol. The molecule has 0 bridgehead atoms. The minimum Gasteiger partial charge on any atom is -0.383 e. The number of benzene rings is 1. The van der Waals surface area contributed by atoms with Gasteiger partial charge in [-0.15, -0.1) is 0 Å². The number of aromatic nitrogens is 2. The molecule has 2 aromatic rings. The highest BCUT2D eigenvalue weighted by Gasteiger charge is 2.24. The minimum atomic E-state index is -0.524. The third-order valence-electron chi connectivity index (χ3n) is 3.26. The lowest BCUT2D eigenvalue weighted by molar-refractivity contribution is -0.383. The van der Waals surface area contributed by atoms with Gasteiger partial charge in [-0.25, -0.2) is 9.97 Å². The zero-order chi connectivity index (χ0) is 17.7. The molecule has 0 amide bonds. The molecule has 1 aromatic heterocycles. The maximum absolute atomic E-state index is 11.5. The predicted octanol–water partition coefficient (Wildman–Crippen LogP) is 3.54. The second-order valence-electron chi connectivity index (χ2n) is 5.26. The molecule has 1 unspecified atom stereocenters. The standard InChI is InChI=1S/C15H18ClN5O3/c1-9-4-5-11(16)6-12(9)20-15-13(21(22)23)14(17-8-18-15)19-10(2)7-24-3/h4-6,8,10H,7H2,1-3H3,(H2,17,18,19,20). The number of nitrogens with one attached hydrogen (secondary N) is 2. The molecule has 8 nitrogen and oxygen atoms in total. The van der Waals surface area contributed by atoms with Crippen LogP contribution in [0.1, 0.15) is 12.5 Å². The SMILES string of the molecule is COCC(C)Nc1ncnc(Nc2cc(Cl)ccc2C)c1[N+](=O)[O-]. The third-order valence-corrected chi connectivity index (χ3v) is 3.49. The number of aryl methyl sites for hydroxylation is 1. The first-order valence-corrected chi connectivity index (χ1v) is 7.58. The monoisotopic (exact) mass is 351 g/mol. The average Bonchev–Trinajstić information content (AvgIpc) is 2.51. The van der Waals surface area contributed by atoms with Gasteiger partial charge in [0.25, 0.3) is 0 Å². The van der Waals surface area contributed by atoms with Crippen LogP contribution in [0.3, 0.4) is 0 Å². The lowest BCUT2D eigenvalue weighted by atomic mass is 10.2. The number of hydrogen-bond donors (Lipinski definition) is 2. The molecular weight excluding hydrogens is 334 g/mol. The van der Waals surface area contributed by atoms with Gasteiger partial charge in [0, 0.05) is 23.9 Å². The molecule has 0 saturated carbocycles. The molecule has 2 N–H and O–H groups in total. The van der Waals surface area contributed by atoms with Gasteiger partial charge in [0.15, 0.2) is 0 Å². The number of rotatable bonds is 7. The van der Waals surface area contributed by atoms with Crippen LogP contribution >= 0.6 is 11.6 Å². The van der Waals surface area contributed by atoms with Crippen LogP contribution < -0.4 is 10.6 Å². The van der Waals surface area contributed by atoms with Crippen LogP contribution in [0.4, 0.5) is 23.0 Å². The number of methoxy groups -OCH3 is 1. The minimum absolute atomic E-state index is 0.0903. The molecule has 0 spiro atoms. The summed E-state index contributed by atoms with van der Waals surface area (Å²) in [4.78, 5) is 19.0. The Morgan fingerprint density at radius 2 is 2.08 bits per heavy atom. The van der Waals surface area contributed by atoms with Crippen molar-refractivity contribution in [2.75, 3.05) is 24.4 Å². The molecule has 0 saturated heterocycles. The van der Waals surface area contributed by atoms with Crippen LogP contribution in [-0.4, -0.2) is 34.6 Å². The van der Waals surface area contributed by atoms with Crippen molar-refractivity contribution < 1.29 is 9.66 Å². The Bertz CT molecular complexity index is 741. The normalized spacial score (nSPS) is 11.8. The van der Waals surface area contributed by atoms with Crippen molar-refractivity contribution in [3.63, 3.8) is 0 Å². The Hall–Kier alpha value is -2.45. The molecule has 0 fully saturated rings. The molecule has 0 aliphatic heterocycles. The summed E-state index contributed by atoms with van der Waals surface area (Å²) in [5.41, 5.74) is 1.29. The molecule has 9 heteroatoms. The maximum atomic E-state index is 11.5. The lowest BCUT2D eigenvalue weighted by Crippen LogP contribution is -2.22. The van der Waals surface area contributed by atoms with E-state index in [1.165, 1.54) is 6.33 Å². The quantitative estimate of drug-likeness (QED) is 0.581. The zero-order valence-corrected chi connectivity index (χ0v) is 14.3. The summed E-state index contributed by atoms with van der Waals surface area (Å²) in [7, 11) is 1.56. The molecule has 0 radical (unpaired) electrons. The number of hydrogen-bond acceptors (Lipinski definition) is 7. The van der Waals surface area contributed by atoms with Crippen LogP contribution in [0.5, 0.6) is 0 Å². The summed E-state index contributed by atoms with van der Waals surface area (Å²) in [6.45, 7) is 4.09. The molecule has 1 atom stereocenters. The molecule has 0 aliphatic carbocycles. The van der Waals surface area contributed by atoms with Crippen LogP contribution in [0, 0.1) is 17.0 Å². The Kier molecular flexibility index (Phi) is 5.88. The second kappa shape index (κ2) is 7.89. The van der Waals surface area contributed by atoms with Crippen molar-refractivity contribution in [2.45, 2.75) is 19.9 Å². The first kappa shape index (κ1) is 17.9. The highest BCUT2D eigenvalue weighted by atomic mass is 35.5. The van der Waals surface area contributed by atoms with E-state index in [0.29, 0.717) is 17.3 Å². The number of nitro groups is 1. The summed E-state index contributed by atoms with van der Waals surface area (Å²) < 4.78 is 5.02. The fourth-order valence-electron chi connectivity index (χ4n) is 2.13. The van der Waals surface area contributed by atoms with Crippen molar-refractivity contribution in [1.82, 2.24) is 9.97 Å². The van der Waals surface area contributed by atoms with E-state index < -0.39 is 4.92 Å². The van der Waals surface area contributed by atoms with E-state index in [-0.39, 0.29) is 23.4 Å². The van der Waals surface area contributed by atoms with E-state index >= 15 is 0 Å². The third kappa shape index (κ3) is 4.30. The number of halogens is 1. The number of anilines is 3. The highest BCUT2D eigenvalue weighted by Crippen LogP contribution is 2.33. The Balaban J connectivity index is 2.39. The topological polar surface area (TPSA) is 102 Å². The van der Waals surface area contributed by atoms with E-state index in [1.807, 2.05) is 19.9 Å². The Labute approximate surface area is 144 Å². The van der Waals surface area contributed by atoms with Gasteiger partial charge in [-0.1, -0.05) is 17.7 Å². The Morgan fingerprint density at radius 3 is 2.75 bits per heavy atom. The molecule has 1 aromatic carbocycles. The second-order valence-corrected chi connectivity index (χ2v) is 5.70. The van der Waals surface area contributed by atoms with E-state index in [4.69, 9.17) is 16.3 Å². The lowest BCUT2D eigenvalue weighted by Gasteiger charge is -2.15. The molecule has 1 heterocycles. The van der Waals surface area contributed by atoms with Crippen LogP contribution in [0.15, 0.2) is 24.5 Å². The molecule has 2 rings (SSSR count). The first-order chi connectivity index (χ1) is 11.4. The van der Waals surface area contributed by atoms with Crippen molar-refractivity contribution in [2.24, 2.45) is 0 Å². The van der Waals surface area contributed by atoms with Gasteiger partial charge in [0.1, 0.15) is 6.33 Å². The van der Waals surface area contributed by atoms with Crippen LogP contribution in [0.25, 0.3) is 0 Å². The first-order valence-electron chi connectivity index (χ1n) is 7.20. The van der Waals surface area contributed by atoms with E-state index in [0.717, 1.165) is 5.56 Å². The van der Waals surface area contributed by atoms with E-state index in [9.17, 15) is 10.1 Å². The summed E-state index contributed by atoms with van der Waals surface area (Å²) in [5.74, 6) is 0.217. The summed E-state index contributed by atoms with van der Waals surface area (Å²) >= 11 is 5.99. The smallest absolute Gasteiger partial charge is 0.353 e. The van der Waals surface area contributed by atoms with Gasteiger partial charge in [-0.05, 0) is 31.5 Å². The maximum Gasteiger partial charge on any atom is 0.353 e. The van der Waals surface area contributed by atoms with Gasteiger partial charge < -0.3 is 15.4 Å². The summed E-state index contributed by atoms with van der Waals surface area (Å²) in [6.07, 6.45) is 1.26. The summed E-state index contributed by atoms with van der Waals surface area (Å²) in [5, 5.41) is 18.0. The zero-order valence-electron chi connectivity index (χ0n) is 13.5. The fourth-order valence-corrected chi connectivity index (χ4v) is 2.30. The van der Waals surface area contributed by atoms with Crippen molar-refractivity contribution >= 4 is 34.6 Å². The summed E-state index contributed by atoms with van der Waals surface area (Å²) in [6, 6.07) is 5.10. The van der Waals surface area contributed by atoms with Crippen molar-refractivity contribution in [3.8, 4) is 0 Å². The molecule has 0 aliphatic rings. The molecule has 128 valence electrons. The number of ether oxygens (including phenoxy) is 1. The fraction of sp³-hybridized carbons (Fsp3) is 0.333. The van der Waals surface area contributed by atoms with Gasteiger partial charge in [0.2, 0.25) is 11.6 Å². The Morgan fingerprint density at radius 1 is 1.38 bits per heavy atom. The number of nitrogens with zero attached hydrogens (tertiary/aromatic N) is 3. The van der Waals surface area contributed by atoms with Crippen molar-refractivity contribution in [1.29, 1.82) is 0 Å². The largest absolute Gasteiger partial charge is 0.383 e. The predicted molar refractivity (Wildman–Crippen MR) is 93.1 cm³/mol. The van der Waals surface area contributed by atoms with E-state index in [2.05, 4.69) is 20.6 Å².